The summed E-state index contributed by atoms with van der Waals surface area (Å²) in [6.07, 6.45) is -0.0711. The number of alkyl halides is 3. The Bertz CT molecular complexity index is 1210. The molecule has 0 spiro atoms. The van der Waals surface area contributed by atoms with Gasteiger partial charge >= 0.3 is 6.18 Å². The summed E-state index contributed by atoms with van der Waals surface area (Å²) in [5.41, 5.74) is -0.403. The van der Waals surface area contributed by atoms with Crippen molar-refractivity contribution in [1.82, 2.24) is 19.4 Å². The van der Waals surface area contributed by atoms with E-state index in [0.717, 1.165) is 38.2 Å². The molecule has 2 fully saturated rings. The van der Waals surface area contributed by atoms with E-state index >= 15 is 0 Å². The van der Waals surface area contributed by atoms with Crippen LogP contribution >= 0.6 is 23.2 Å². The second-order valence-corrected chi connectivity index (χ2v) is 11.5. The van der Waals surface area contributed by atoms with Crippen molar-refractivity contribution < 1.29 is 26.4 Å². The van der Waals surface area contributed by atoms with Crippen LogP contribution < -0.4 is 5.32 Å². The Morgan fingerprint density at radius 2 is 1.77 bits per heavy atom. The number of rotatable bonds is 8. The second-order valence-electron chi connectivity index (χ2n) is 8.79. The van der Waals surface area contributed by atoms with Crippen LogP contribution in [0.2, 0.25) is 10.0 Å². The molecular weight excluding hydrogens is 528 g/mol. The molecule has 2 aromatic rings. The van der Waals surface area contributed by atoms with E-state index < -0.39 is 27.8 Å². The Kier molecular flexibility index (Phi) is 7.71. The van der Waals surface area contributed by atoms with Gasteiger partial charge in [-0.3, -0.25) is 9.48 Å². The van der Waals surface area contributed by atoms with Crippen LogP contribution in [0.4, 0.5) is 13.2 Å². The Morgan fingerprint density at radius 3 is 2.40 bits per heavy atom. The summed E-state index contributed by atoms with van der Waals surface area (Å²) in [6.45, 7) is 1.10. The Hall–Kier alpha value is -1.82. The molecule has 2 heterocycles. The van der Waals surface area contributed by atoms with Crippen molar-refractivity contribution in [3.05, 3.63) is 45.2 Å². The van der Waals surface area contributed by atoms with Crippen molar-refractivity contribution >= 4 is 39.1 Å². The van der Waals surface area contributed by atoms with Gasteiger partial charge in [-0.05, 0) is 50.3 Å². The third-order valence-corrected chi connectivity index (χ3v) is 8.80. The highest BCUT2D eigenvalue weighted by molar-refractivity contribution is 7.89. The molecule has 0 bridgehead atoms. The number of amides is 1. The third-order valence-electron chi connectivity index (χ3n) is 6.13. The van der Waals surface area contributed by atoms with Gasteiger partial charge in [0, 0.05) is 37.8 Å². The smallest absolute Gasteiger partial charge is 0.352 e. The average Bonchev–Trinajstić information content (AvgIpc) is 3.55. The average molecular weight is 553 g/mol. The zero-order valence-corrected chi connectivity index (χ0v) is 21.1. The normalized spacial score (nSPS) is 17.5. The molecule has 1 N–H and O–H groups in total. The van der Waals surface area contributed by atoms with E-state index in [-0.39, 0.29) is 39.5 Å². The summed E-state index contributed by atoms with van der Waals surface area (Å²) in [5.74, 6) is -0.512. The monoisotopic (exact) mass is 552 g/mol. The summed E-state index contributed by atoms with van der Waals surface area (Å²) in [5, 5.41) is 6.28. The lowest BCUT2D eigenvalue weighted by molar-refractivity contribution is -0.141. The standard InChI is InChI=1S/C22H25Cl2F3N4O3S/c23-16-12-17(24)19(35(33,34)30-8-2-1-3-9-30)11-15(16)21(32)28-7-4-10-31-18(14-5-6-14)13-20(29-31)22(25,26)27/h11-14H,1-10H2,(H,28,32). The number of nitrogens with one attached hydrogen (secondary N) is 1. The van der Waals surface area contributed by atoms with E-state index in [1.807, 2.05) is 0 Å². The number of nitrogens with zero attached hydrogens (tertiary/aromatic N) is 3. The van der Waals surface area contributed by atoms with Crippen LogP contribution in [0.5, 0.6) is 0 Å². The topological polar surface area (TPSA) is 84.3 Å². The summed E-state index contributed by atoms with van der Waals surface area (Å²) in [4.78, 5) is 12.6. The van der Waals surface area contributed by atoms with Crippen molar-refractivity contribution in [2.24, 2.45) is 0 Å². The zero-order valence-electron chi connectivity index (χ0n) is 18.7. The van der Waals surface area contributed by atoms with Gasteiger partial charge < -0.3 is 5.32 Å². The van der Waals surface area contributed by atoms with E-state index in [1.54, 1.807) is 0 Å². The minimum Gasteiger partial charge on any atom is -0.352 e. The van der Waals surface area contributed by atoms with Crippen molar-refractivity contribution in [3.8, 4) is 0 Å². The minimum absolute atomic E-state index is 0.00279. The molecule has 1 saturated heterocycles. The lowest BCUT2D eigenvalue weighted by atomic mass is 10.2. The van der Waals surface area contributed by atoms with E-state index in [0.29, 0.717) is 25.2 Å². The largest absolute Gasteiger partial charge is 0.435 e. The van der Waals surface area contributed by atoms with Gasteiger partial charge in [0.1, 0.15) is 4.90 Å². The second kappa shape index (κ2) is 10.3. The molecule has 35 heavy (non-hydrogen) atoms. The maximum atomic E-state index is 13.1. The van der Waals surface area contributed by atoms with Gasteiger partial charge in [-0.2, -0.15) is 22.6 Å². The maximum absolute atomic E-state index is 13.1. The molecule has 0 atom stereocenters. The van der Waals surface area contributed by atoms with Crippen molar-refractivity contribution in [3.63, 3.8) is 0 Å². The predicted octanol–water partition coefficient (Wildman–Crippen LogP) is 5.08. The van der Waals surface area contributed by atoms with Crippen LogP contribution in [0.3, 0.4) is 0 Å². The van der Waals surface area contributed by atoms with Crippen molar-refractivity contribution in [2.45, 2.75) is 62.1 Å². The van der Waals surface area contributed by atoms with Crippen LogP contribution in [0, 0.1) is 0 Å². The Morgan fingerprint density at radius 1 is 1.09 bits per heavy atom. The molecule has 0 unspecified atom stereocenters. The van der Waals surface area contributed by atoms with Crippen LogP contribution in [0.1, 0.15) is 66.2 Å². The van der Waals surface area contributed by atoms with E-state index in [2.05, 4.69) is 10.4 Å². The fourth-order valence-corrected chi connectivity index (χ4v) is 6.48. The molecule has 13 heteroatoms. The highest BCUT2D eigenvalue weighted by Gasteiger charge is 2.37. The highest BCUT2D eigenvalue weighted by Crippen LogP contribution is 2.42. The molecule has 2 aliphatic rings. The molecule has 1 aromatic carbocycles. The number of sulfonamides is 1. The molecule has 1 aliphatic carbocycles. The maximum Gasteiger partial charge on any atom is 0.435 e. The van der Waals surface area contributed by atoms with Gasteiger partial charge in [-0.1, -0.05) is 29.6 Å². The molecular formula is C22H25Cl2F3N4O3S. The van der Waals surface area contributed by atoms with Gasteiger partial charge in [0.25, 0.3) is 5.91 Å². The molecule has 0 radical (unpaired) electrons. The van der Waals surface area contributed by atoms with Crippen LogP contribution in [0.15, 0.2) is 23.1 Å². The quantitative estimate of drug-likeness (QED) is 0.463. The van der Waals surface area contributed by atoms with Gasteiger partial charge in [0.15, 0.2) is 5.69 Å². The van der Waals surface area contributed by atoms with Gasteiger partial charge in [-0.15, -0.1) is 0 Å². The van der Waals surface area contributed by atoms with Crippen LogP contribution in [-0.4, -0.2) is 48.0 Å². The van der Waals surface area contributed by atoms with Crippen LogP contribution in [0.25, 0.3) is 0 Å². The number of carbonyl (C=O) groups excluding carboxylic acids is 1. The summed E-state index contributed by atoms with van der Waals surface area (Å²) in [6, 6.07) is 3.51. The van der Waals surface area contributed by atoms with Gasteiger partial charge in [-0.25, -0.2) is 8.42 Å². The van der Waals surface area contributed by atoms with Crippen LogP contribution in [-0.2, 0) is 22.7 Å². The number of carbonyl (C=O) groups is 1. The first-order valence-electron chi connectivity index (χ1n) is 11.4. The lowest BCUT2D eigenvalue weighted by Gasteiger charge is -2.26. The first-order valence-corrected chi connectivity index (χ1v) is 13.6. The van der Waals surface area contributed by atoms with Gasteiger partial charge in [0.2, 0.25) is 10.0 Å². The number of benzene rings is 1. The highest BCUT2D eigenvalue weighted by atomic mass is 35.5. The summed E-state index contributed by atoms with van der Waals surface area (Å²) >= 11 is 12.3. The molecule has 1 aromatic heterocycles. The number of piperidine rings is 1. The molecule has 4 rings (SSSR count). The first kappa shape index (κ1) is 26.2. The summed E-state index contributed by atoms with van der Waals surface area (Å²) in [7, 11) is -3.88. The van der Waals surface area contributed by atoms with E-state index in [4.69, 9.17) is 23.2 Å². The number of aromatic nitrogens is 2. The Balaban J connectivity index is 1.42. The molecule has 7 nitrogen and oxygen atoms in total. The lowest BCUT2D eigenvalue weighted by Crippen LogP contribution is -2.36. The Labute approximate surface area is 211 Å². The molecule has 192 valence electrons. The third kappa shape index (κ3) is 5.95. The summed E-state index contributed by atoms with van der Waals surface area (Å²) < 4.78 is 68.0. The predicted molar refractivity (Wildman–Crippen MR) is 125 cm³/mol. The van der Waals surface area contributed by atoms with Crippen molar-refractivity contribution in [1.29, 1.82) is 0 Å². The first-order chi connectivity index (χ1) is 16.5. The number of hydrogen-bond acceptors (Lipinski definition) is 4. The minimum atomic E-state index is -4.51. The molecule has 1 aliphatic heterocycles. The van der Waals surface area contributed by atoms with E-state index in [1.165, 1.54) is 21.1 Å². The number of aryl methyl sites for hydroxylation is 1. The molecule has 1 saturated carbocycles. The fourth-order valence-electron chi connectivity index (χ4n) is 4.13. The number of halogens is 5. The zero-order chi connectivity index (χ0) is 25.4. The van der Waals surface area contributed by atoms with Gasteiger partial charge in [0.05, 0.1) is 15.6 Å². The molecule has 1 amide bonds. The fraction of sp³-hybridized carbons (Fsp3) is 0.545. The van der Waals surface area contributed by atoms with Crippen molar-refractivity contribution in [2.75, 3.05) is 19.6 Å². The number of hydrogen-bond donors (Lipinski definition) is 1. The van der Waals surface area contributed by atoms with E-state index in [9.17, 15) is 26.4 Å². The SMILES string of the molecule is O=C(NCCCn1nc(C(F)(F)F)cc1C1CC1)c1cc(S(=O)(=O)N2CCCCC2)c(Cl)cc1Cl.